The molecule has 0 bridgehead atoms. The van der Waals surface area contributed by atoms with Gasteiger partial charge in [-0.15, -0.1) is 3.89 Å². The molecule has 0 saturated heterocycles. The highest BCUT2D eigenvalue weighted by molar-refractivity contribution is 7.86. The lowest BCUT2D eigenvalue weighted by Crippen LogP contribution is -2.07. The van der Waals surface area contributed by atoms with Gasteiger partial charge in [-0.3, -0.25) is 0 Å². The molecule has 5 heteroatoms. The average Bonchev–Trinajstić information content (AvgIpc) is 2.13. The van der Waals surface area contributed by atoms with E-state index >= 15 is 0 Å². The molecule has 0 saturated carbocycles. The summed E-state index contributed by atoms with van der Waals surface area (Å²) in [5, 5.41) is 0. The second kappa shape index (κ2) is 5.07. The van der Waals surface area contributed by atoms with Crippen LogP contribution in [0.1, 0.15) is 5.56 Å². The summed E-state index contributed by atoms with van der Waals surface area (Å²) in [6.07, 6.45) is 0. The fourth-order valence-corrected chi connectivity index (χ4v) is 1.24. The van der Waals surface area contributed by atoms with Crippen molar-refractivity contribution in [3.8, 4) is 0 Å². The van der Waals surface area contributed by atoms with Gasteiger partial charge in [-0.25, -0.2) is 0 Å². The third-order valence-electron chi connectivity index (χ3n) is 1.58. The monoisotopic (exact) mass is 218 g/mol. The van der Waals surface area contributed by atoms with Crippen LogP contribution in [0.3, 0.4) is 0 Å². The van der Waals surface area contributed by atoms with E-state index in [9.17, 15) is 12.3 Å². The van der Waals surface area contributed by atoms with Crippen molar-refractivity contribution in [1.29, 1.82) is 0 Å². The first-order valence-corrected chi connectivity index (χ1v) is 5.67. The number of halogens is 1. The number of hydrogen-bond donors (Lipinski definition) is 0. The van der Waals surface area contributed by atoms with E-state index in [0.29, 0.717) is 6.61 Å². The Kier molecular flexibility index (Phi) is 4.03. The molecule has 0 fully saturated rings. The first-order chi connectivity index (χ1) is 6.58. The zero-order valence-electron chi connectivity index (χ0n) is 7.52. The topological polar surface area (TPSA) is 43.4 Å². The molecule has 0 aliphatic heterocycles. The highest BCUT2D eigenvalue weighted by Gasteiger charge is 2.05. The lowest BCUT2D eigenvalue weighted by atomic mass is 10.2. The molecule has 0 N–H and O–H groups in total. The third-order valence-corrected chi connectivity index (χ3v) is 2.24. The van der Waals surface area contributed by atoms with Gasteiger partial charge in [-0.2, -0.15) is 8.42 Å². The van der Waals surface area contributed by atoms with Gasteiger partial charge in [0.25, 0.3) is 0 Å². The minimum absolute atomic E-state index is 0.117. The predicted octanol–water partition coefficient (Wildman–Crippen LogP) is 1.50. The van der Waals surface area contributed by atoms with Crippen molar-refractivity contribution in [1.82, 2.24) is 0 Å². The van der Waals surface area contributed by atoms with Crippen LogP contribution in [0.15, 0.2) is 30.3 Å². The minimum atomic E-state index is -4.40. The summed E-state index contributed by atoms with van der Waals surface area (Å²) in [6.45, 7) is 0.185. The quantitative estimate of drug-likeness (QED) is 0.555. The maximum absolute atomic E-state index is 12.0. The molecule has 0 radical (unpaired) electrons. The van der Waals surface area contributed by atoms with Crippen molar-refractivity contribution in [2.24, 2.45) is 0 Å². The van der Waals surface area contributed by atoms with Gasteiger partial charge in [-0.1, -0.05) is 30.3 Å². The van der Waals surface area contributed by atoms with Crippen LogP contribution in [0.5, 0.6) is 0 Å². The van der Waals surface area contributed by atoms with Gasteiger partial charge in [0, 0.05) is 0 Å². The van der Waals surface area contributed by atoms with Crippen molar-refractivity contribution in [3.05, 3.63) is 35.9 Å². The van der Waals surface area contributed by atoms with Crippen molar-refractivity contribution in [2.75, 3.05) is 12.4 Å². The van der Waals surface area contributed by atoms with Crippen LogP contribution < -0.4 is 0 Å². The highest BCUT2D eigenvalue weighted by Crippen LogP contribution is 2.00. The lowest BCUT2D eigenvalue weighted by molar-refractivity contribution is 0.135. The number of benzene rings is 1. The summed E-state index contributed by atoms with van der Waals surface area (Å²) in [4.78, 5) is 0. The molecule has 0 unspecified atom stereocenters. The first-order valence-electron chi connectivity index (χ1n) is 4.12. The van der Waals surface area contributed by atoms with Crippen molar-refractivity contribution in [3.63, 3.8) is 0 Å². The van der Waals surface area contributed by atoms with Crippen LogP contribution in [-0.4, -0.2) is 20.8 Å². The molecule has 0 heterocycles. The van der Waals surface area contributed by atoms with Gasteiger partial charge in [0.1, 0.15) is 5.75 Å². The molecule has 1 aromatic rings. The molecule has 0 spiro atoms. The van der Waals surface area contributed by atoms with Gasteiger partial charge in [-0.05, 0) is 5.56 Å². The molecular formula is C9H11FO3S. The Bertz CT molecular complexity index is 361. The zero-order valence-corrected chi connectivity index (χ0v) is 8.34. The van der Waals surface area contributed by atoms with Crippen LogP contribution in [0, 0.1) is 0 Å². The Morgan fingerprint density at radius 3 is 2.43 bits per heavy atom. The molecule has 3 nitrogen and oxygen atoms in total. The standard InChI is InChI=1S/C9H11FO3S/c10-14(11,12)7-6-13-8-9-4-2-1-3-5-9/h1-5H,6-8H2. The van der Waals surface area contributed by atoms with Crippen molar-refractivity contribution >= 4 is 10.2 Å². The highest BCUT2D eigenvalue weighted by atomic mass is 32.3. The number of hydrogen-bond acceptors (Lipinski definition) is 3. The summed E-state index contributed by atoms with van der Waals surface area (Å²) in [5.41, 5.74) is 0.934. The zero-order chi connectivity index (χ0) is 10.4. The van der Waals surface area contributed by atoms with Gasteiger partial charge in [0.2, 0.25) is 0 Å². The summed E-state index contributed by atoms with van der Waals surface area (Å²) < 4.78 is 37.2. The Morgan fingerprint density at radius 1 is 1.21 bits per heavy atom. The maximum Gasteiger partial charge on any atom is 0.304 e. The summed E-state index contributed by atoms with van der Waals surface area (Å²) in [7, 11) is -4.40. The van der Waals surface area contributed by atoms with E-state index in [0.717, 1.165) is 5.56 Å². The van der Waals surface area contributed by atoms with E-state index in [1.54, 1.807) is 0 Å². The Labute approximate surface area is 82.7 Å². The SMILES string of the molecule is O=S(=O)(F)CCOCc1ccccc1. The van der Waals surface area contributed by atoms with Crippen molar-refractivity contribution in [2.45, 2.75) is 6.61 Å². The second-order valence-corrected chi connectivity index (χ2v) is 4.27. The maximum atomic E-state index is 12.0. The van der Waals surface area contributed by atoms with Gasteiger partial charge in [0.15, 0.2) is 0 Å². The van der Waals surface area contributed by atoms with Crippen LogP contribution >= 0.6 is 0 Å². The molecule has 14 heavy (non-hydrogen) atoms. The lowest BCUT2D eigenvalue weighted by Gasteiger charge is -2.01. The largest absolute Gasteiger partial charge is 0.376 e. The average molecular weight is 218 g/mol. The molecule has 1 rings (SSSR count). The number of rotatable bonds is 5. The molecule has 0 aromatic heterocycles. The van der Waals surface area contributed by atoms with E-state index in [2.05, 4.69) is 0 Å². The predicted molar refractivity (Wildman–Crippen MR) is 51.0 cm³/mol. The third kappa shape index (κ3) is 4.94. The summed E-state index contributed by atoms with van der Waals surface area (Å²) in [6, 6.07) is 9.28. The Balaban J connectivity index is 2.23. The van der Waals surface area contributed by atoms with Crippen LogP contribution in [0.25, 0.3) is 0 Å². The van der Waals surface area contributed by atoms with Crippen molar-refractivity contribution < 1.29 is 17.0 Å². The fraction of sp³-hybridized carbons (Fsp3) is 0.333. The smallest absolute Gasteiger partial charge is 0.304 e. The summed E-state index contributed by atoms with van der Waals surface area (Å²) in [5.74, 6) is -0.583. The molecule has 0 aliphatic carbocycles. The second-order valence-electron chi connectivity index (χ2n) is 2.78. The first kappa shape index (κ1) is 11.1. The molecular weight excluding hydrogens is 207 g/mol. The van der Waals surface area contributed by atoms with Crippen LogP contribution in [-0.2, 0) is 21.6 Å². The normalized spacial score (nSPS) is 11.5. The molecule has 1 aromatic carbocycles. The van der Waals surface area contributed by atoms with Crippen LogP contribution in [0.4, 0.5) is 3.89 Å². The Morgan fingerprint density at radius 2 is 1.86 bits per heavy atom. The van der Waals surface area contributed by atoms with E-state index in [4.69, 9.17) is 4.74 Å². The Hall–Kier alpha value is -0.940. The van der Waals surface area contributed by atoms with E-state index in [1.807, 2.05) is 30.3 Å². The molecule has 0 amide bonds. The minimum Gasteiger partial charge on any atom is -0.376 e. The van der Waals surface area contributed by atoms with E-state index in [1.165, 1.54) is 0 Å². The van der Waals surface area contributed by atoms with Gasteiger partial charge in [0.05, 0.1) is 13.2 Å². The molecule has 0 atom stereocenters. The van der Waals surface area contributed by atoms with E-state index < -0.39 is 16.0 Å². The van der Waals surface area contributed by atoms with Crippen LogP contribution in [0.2, 0.25) is 0 Å². The summed E-state index contributed by atoms with van der Waals surface area (Å²) >= 11 is 0. The van der Waals surface area contributed by atoms with E-state index in [-0.39, 0.29) is 6.61 Å². The molecule has 78 valence electrons. The van der Waals surface area contributed by atoms with Gasteiger partial charge >= 0.3 is 10.2 Å². The number of ether oxygens (including phenoxy) is 1. The fourth-order valence-electron chi connectivity index (χ4n) is 0.923. The van der Waals surface area contributed by atoms with Gasteiger partial charge < -0.3 is 4.74 Å². The molecule has 0 aliphatic rings.